The van der Waals surface area contributed by atoms with Crippen molar-refractivity contribution in [3.8, 4) is 0 Å². The zero-order valence-electron chi connectivity index (χ0n) is 11.5. The lowest BCUT2D eigenvalue weighted by Crippen LogP contribution is -2.24. The van der Waals surface area contributed by atoms with E-state index >= 15 is 0 Å². The first-order valence-electron chi connectivity index (χ1n) is 6.55. The number of aromatic nitrogens is 4. The third kappa shape index (κ3) is 3.33. The lowest BCUT2D eigenvalue weighted by Gasteiger charge is -2.17. The molecular formula is C13H19N5S. The molecule has 0 aliphatic heterocycles. The molecule has 19 heavy (non-hydrogen) atoms. The van der Waals surface area contributed by atoms with Crippen LogP contribution in [0.5, 0.6) is 0 Å². The fourth-order valence-electron chi connectivity index (χ4n) is 1.88. The van der Waals surface area contributed by atoms with Crippen LogP contribution in [0.4, 0.5) is 0 Å². The molecule has 6 heteroatoms. The first kappa shape index (κ1) is 14.0. The van der Waals surface area contributed by atoms with E-state index in [0.717, 1.165) is 29.2 Å². The Bertz CT molecular complexity index is 497. The van der Waals surface area contributed by atoms with Crippen LogP contribution in [0.2, 0.25) is 0 Å². The van der Waals surface area contributed by atoms with Gasteiger partial charge in [0, 0.05) is 12.4 Å². The second-order valence-electron chi connectivity index (χ2n) is 4.69. The van der Waals surface area contributed by atoms with E-state index < -0.39 is 0 Å². The Morgan fingerprint density at radius 2 is 2.16 bits per heavy atom. The van der Waals surface area contributed by atoms with Gasteiger partial charge in [0.1, 0.15) is 0 Å². The van der Waals surface area contributed by atoms with Crippen LogP contribution in [0.25, 0.3) is 0 Å². The summed E-state index contributed by atoms with van der Waals surface area (Å²) in [6.07, 6.45) is 6.28. The van der Waals surface area contributed by atoms with Crippen molar-refractivity contribution in [3.63, 3.8) is 0 Å². The Labute approximate surface area is 117 Å². The van der Waals surface area contributed by atoms with Gasteiger partial charge >= 0.3 is 0 Å². The van der Waals surface area contributed by atoms with E-state index in [1.54, 1.807) is 18.6 Å². The van der Waals surface area contributed by atoms with Gasteiger partial charge in [0.2, 0.25) is 0 Å². The second-order valence-corrected chi connectivity index (χ2v) is 5.48. The van der Waals surface area contributed by atoms with Gasteiger partial charge in [-0.2, -0.15) is 0 Å². The molecular weight excluding hydrogens is 258 g/mol. The minimum absolute atomic E-state index is 0.0334. The Hall–Kier alpha value is -1.40. The first-order valence-corrected chi connectivity index (χ1v) is 7.32. The van der Waals surface area contributed by atoms with Gasteiger partial charge in [-0.05, 0) is 30.4 Å². The van der Waals surface area contributed by atoms with E-state index in [-0.39, 0.29) is 6.04 Å². The van der Waals surface area contributed by atoms with Gasteiger partial charge in [-0.25, -0.2) is 0 Å². The fourth-order valence-corrected chi connectivity index (χ4v) is 2.78. The SMILES string of the molecule is CCCNC(c1cnccn1)c1snnc1C(C)C. The standard InChI is InChI=1S/C13H19N5S/c1-4-5-16-12(10-8-14-6-7-15-10)13-11(9(2)3)17-18-19-13/h6-9,12,16H,4-5H2,1-3H3. The summed E-state index contributed by atoms with van der Waals surface area (Å²) in [6, 6.07) is 0.0334. The average Bonchev–Trinajstić information content (AvgIpc) is 2.90. The van der Waals surface area contributed by atoms with Crippen molar-refractivity contribution in [1.82, 2.24) is 24.9 Å². The molecule has 5 nitrogen and oxygen atoms in total. The lowest BCUT2D eigenvalue weighted by molar-refractivity contribution is 0.582. The predicted molar refractivity (Wildman–Crippen MR) is 76.2 cm³/mol. The maximum absolute atomic E-state index is 4.41. The highest BCUT2D eigenvalue weighted by Gasteiger charge is 2.23. The van der Waals surface area contributed by atoms with Gasteiger partial charge in [0.25, 0.3) is 0 Å². The Kier molecular flexibility index (Phi) is 4.93. The lowest BCUT2D eigenvalue weighted by atomic mass is 10.0. The molecule has 0 aromatic carbocycles. The second kappa shape index (κ2) is 6.68. The van der Waals surface area contributed by atoms with E-state index in [1.807, 2.05) is 0 Å². The van der Waals surface area contributed by atoms with Crippen molar-refractivity contribution < 1.29 is 0 Å². The molecule has 0 amide bonds. The van der Waals surface area contributed by atoms with Crippen LogP contribution in [0.3, 0.4) is 0 Å². The highest BCUT2D eigenvalue weighted by Crippen LogP contribution is 2.29. The maximum atomic E-state index is 4.41. The topological polar surface area (TPSA) is 63.6 Å². The number of hydrogen-bond donors (Lipinski definition) is 1. The molecule has 0 bridgehead atoms. The molecule has 0 aliphatic rings. The highest BCUT2D eigenvalue weighted by atomic mass is 32.1. The van der Waals surface area contributed by atoms with Gasteiger partial charge in [-0.3, -0.25) is 9.97 Å². The van der Waals surface area contributed by atoms with Crippen molar-refractivity contribution in [2.75, 3.05) is 6.54 Å². The summed E-state index contributed by atoms with van der Waals surface area (Å²) in [5.41, 5.74) is 1.97. The minimum atomic E-state index is 0.0334. The van der Waals surface area contributed by atoms with E-state index in [4.69, 9.17) is 0 Å². The van der Waals surface area contributed by atoms with Gasteiger partial charge in [-0.15, -0.1) is 5.10 Å². The highest BCUT2D eigenvalue weighted by molar-refractivity contribution is 7.05. The maximum Gasteiger partial charge on any atom is 0.0896 e. The molecule has 1 atom stereocenters. The number of nitrogens with one attached hydrogen (secondary N) is 1. The molecule has 0 aliphatic carbocycles. The van der Waals surface area contributed by atoms with E-state index in [1.165, 1.54) is 11.5 Å². The summed E-state index contributed by atoms with van der Waals surface area (Å²) in [7, 11) is 0. The molecule has 2 heterocycles. The summed E-state index contributed by atoms with van der Waals surface area (Å²) in [4.78, 5) is 9.72. The number of nitrogens with zero attached hydrogens (tertiary/aromatic N) is 4. The molecule has 0 saturated carbocycles. The quantitative estimate of drug-likeness (QED) is 0.879. The fraction of sp³-hybridized carbons (Fsp3) is 0.538. The van der Waals surface area contributed by atoms with Crippen LogP contribution in [0.15, 0.2) is 18.6 Å². The number of rotatable bonds is 6. The summed E-state index contributed by atoms with van der Waals surface area (Å²) in [5, 5.41) is 7.76. The minimum Gasteiger partial charge on any atom is -0.304 e. The third-order valence-electron chi connectivity index (χ3n) is 2.83. The normalized spacial score (nSPS) is 12.8. The van der Waals surface area contributed by atoms with Gasteiger partial charge in [0.05, 0.1) is 28.5 Å². The first-order chi connectivity index (χ1) is 9.24. The van der Waals surface area contributed by atoms with Crippen LogP contribution in [-0.2, 0) is 0 Å². The van der Waals surface area contributed by atoms with E-state index in [0.29, 0.717) is 5.92 Å². The van der Waals surface area contributed by atoms with E-state index in [2.05, 4.69) is 45.6 Å². The van der Waals surface area contributed by atoms with E-state index in [9.17, 15) is 0 Å². The van der Waals surface area contributed by atoms with Gasteiger partial charge < -0.3 is 5.32 Å². The summed E-state index contributed by atoms with van der Waals surface area (Å²) < 4.78 is 4.10. The summed E-state index contributed by atoms with van der Waals surface area (Å²) in [5.74, 6) is 0.358. The summed E-state index contributed by atoms with van der Waals surface area (Å²) in [6.45, 7) is 7.34. The predicted octanol–water partition coefficient (Wildman–Crippen LogP) is 2.54. The van der Waals surface area contributed by atoms with Crippen molar-refractivity contribution in [1.29, 1.82) is 0 Å². The zero-order valence-corrected chi connectivity index (χ0v) is 12.3. The van der Waals surface area contributed by atoms with Crippen LogP contribution in [-0.4, -0.2) is 26.1 Å². The Morgan fingerprint density at radius 3 is 2.79 bits per heavy atom. The molecule has 102 valence electrons. The van der Waals surface area contributed by atoms with Gasteiger partial charge in [-0.1, -0.05) is 25.3 Å². The smallest absolute Gasteiger partial charge is 0.0896 e. The third-order valence-corrected chi connectivity index (χ3v) is 3.63. The van der Waals surface area contributed by atoms with Crippen molar-refractivity contribution in [3.05, 3.63) is 34.9 Å². The molecule has 0 spiro atoms. The Balaban J connectivity index is 2.34. The average molecular weight is 277 g/mol. The molecule has 1 N–H and O–H groups in total. The molecule has 0 saturated heterocycles. The molecule has 2 aromatic heterocycles. The van der Waals surface area contributed by atoms with Crippen LogP contribution in [0.1, 0.15) is 55.4 Å². The zero-order chi connectivity index (χ0) is 13.7. The Morgan fingerprint density at radius 1 is 1.32 bits per heavy atom. The largest absolute Gasteiger partial charge is 0.304 e. The van der Waals surface area contributed by atoms with Crippen molar-refractivity contribution >= 4 is 11.5 Å². The molecule has 2 rings (SSSR count). The van der Waals surface area contributed by atoms with Crippen molar-refractivity contribution in [2.24, 2.45) is 0 Å². The molecule has 0 fully saturated rings. The number of hydrogen-bond acceptors (Lipinski definition) is 6. The summed E-state index contributed by atoms with van der Waals surface area (Å²) >= 11 is 1.44. The molecule has 1 unspecified atom stereocenters. The molecule has 2 aromatic rings. The van der Waals surface area contributed by atoms with Crippen LogP contribution in [0, 0.1) is 0 Å². The van der Waals surface area contributed by atoms with Gasteiger partial charge in [0.15, 0.2) is 0 Å². The molecule has 0 radical (unpaired) electrons. The monoisotopic (exact) mass is 277 g/mol. The van der Waals surface area contributed by atoms with Crippen LogP contribution < -0.4 is 5.32 Å². The van der Waals surface area contributed by atoms with Crippen LogP contribution >= 0.6 is 11.5 Å². The van der Waals surface area contributed by atoms with Crippen molar-refractivity contribution in [2.45, 2.75) is 39.2 Å².